The van der Waals surface area contributed by atoms with Crippen LogP contribution in [0, 0.1) is 0 Å². The van der Waals surface area contributed by atoms with Crippen molar-refractivity contribution in [3.8, 4) is 0 Å². The number of hydrogen-bond donors (Lipinski definition) is 2. The van der Waals surface area contributed by atoms with E-state index in [1.165, 1.54) is 11.1 Å². The van der Waals surface area contributed by atoms with Crippen LogP contribution in [-0.2, 0) is 16.1 Å². The van der Waals surface area contributed by atoms with Crippen molar-refractivity contribution < 1.29 is 9.59 Å². The molecule has 1 fully saturated rings. The van der Waals surface area contributed by atoms with Crippen LogP contribution in [0.2, 0.25) is 0 Å². The van der Waals surface area contributed by atoms with Crippen LogP contribution in [0.4, 0.5) is 0 Å². The van der Waals surface area contributed by atoms with Crippen molar-refractivity contribution in [2.75, 3.05) is 20.1 Å². The zero-order valence-corrected chi connectivity index (χ0v) is 14.3. The second-order valence-electron chi connectivity index (χ2n) is 6.48. The highest BCUT2D eigenvalue weighted by Crippen LogP contribution is 2.28. The summed E-state index contributed by atoms with van der Waals surface area (Å²) in [5.74, 6) is 0.249. The van der Waals surface area contributed by atoms with Crippen LogP contribution in [0.15, 0.2) is 24.3 Å². The fraction of sp³-hybridized carbons (Fsp3) is 0.556. The molecule has 126 valence electrons. The summed E-state index contributed by atoms with van der Waals surface area (Å²) >= 11 is 0. The quantitative estimate of drug-likeness (QED) is 0.766. The number of likely N-dealkylation sites (N-methyl/N-ethyl adjacent to an activating group) is 1. The average molecular weight is 317 g/mol. The highest BCUT2D eigenvalue weighted by molar-refractivity contribution is 5.85. The number of carbonyl (C=O) groups is 2. The molecule has 0 heterocycles. The first kappa shape index (κ1) is 17.5. The molecule has 0 aromatic heterocycles. The Kier molecular flexibility index (Phi) is 6.16. The van der Waals surface area contributed by atoms with E-state index >= 15 is 0 Å². The van der Waals surface area contributed by atoms with E-state index in [1.54, 1.807) is 7.05 Å². The van der Waals surface area contributed by atoms with E-state index in [-0.39, 0.29) is 18.4 Å². The molecule has 5 nitrogen and oxygen atoms in total. The molecule has 5 heteroatoms. The van der Waals surface area contributed by atoms with Crippen LogP contribution in [0.25, 0.3) is 0 Å². The molecule has 2 rings (SSSR count). The summed E-state index contributed by atoms with van der Waals surface area (Å²) in [5.41, 5.74) is 2.55. The minimum absolute atomic E-state index is 0.0386. The lowest BCUT2D eigenvalue weighted by molar-refractivity contribution is -0.126. The van der Waals surface area contributed by atoms with E-state index in [0.717, 1.165) is 19.4 Å². The molecule has 1 saturated carbocycles. The second-order valence-corrected chi connectivity index (χ2v) is 6.48. The van der Waals surface area contributed by atoms with E-state index in [4.69, 9.17) is 0 Å². The lowest BCUT2D eigenvalue weighted by Gasteiger charge is -2.21. The van der Waals surface area contributed by atoms with Crippen molar-refractivity contribution in [2.45, 2.75) is 45.2 Å². The number of rotatable bonds is 8. The Morgan fingerprint density at radius 1 is 1.17 bits per heavy atom. The fourth-order valence-corrected chi connectivity index (χ4v) is 2.50. The average Bonchev–Trinajstić information content (AvgIpc) is 3.37. The van der Waals surface area contributed by atoms with Gasteiger partial charge < -0.3 is 10.6 Å². The van der Waals surface area contributed by atoms with E-state index in [9.17, 15) is 9.59 Å². The van der Waals surface area contributed by atoms with E-state index in [1.807, 2.05) is 0 Å². The third-order valence-corrected chi connectivity index (χ3v) is 4.17. The van der Waals surface area contributed by atoms with Gasteiger partial charge in [0.2, 0.25) is 11.8 Å². The number of amides is 2. The SMILES string of the molecule is CNC(=O)CNC(=O)CN(Cc1ccc(C(C)C)cc1)C1CC1. The smallest absolute Gasteiger partial charge is 0.239 e. The lowest BCUT2D eigenvalue weighted by atomic mass is 10.0. The van der Waals surface area contributed by atoms with Crippen molar-refractivity contribution in [3.63, 3.8) is 0 Å². The normalized spacial score (nSPS) is 14.1. The zero-order chi connectivity index (χ0) is 16.8. The van der Waals surface area contributed by atoms with E-state index in [2.05, 4.69) is 53.6 Å². The van der Waals surface area contributed by atoms with Gasteiger partial charge in [-0.2, -0.15) is 0 Å². The first-order chi connectivity index (χ1) is 11.0. The number of nitrogens with one attached hydrogen (secondary N) is 2. The molecule has 2 N–H and O–H groups in total. The van der Waals surface area contributed by atoms with Crippen LogP contribution in [0.5, 0.6) is 0 Å². The first-order valence-electron chi connectivity index (χ1n) is 8.29. The molecular weight excluding hydrogens is 290 g/mol. The highest BCUT2D eigenvalue weighted by atomic mass is 16.2. The summed E-state index contributed by atoms with van der Waals surface area (Å²) < 4.78 is 0. The number of hydrogen-bond acceptors (Lipinski definition) is 3. The van der Waals surface area contributed by atoms with Crippen LogP contribution < -0.4 is 10.6 Å². The topological polar surface area (TPSA) is 61.4 Å². The summed E-state index contributed by atoms with van der Waals surface area (Å²) in [6.07, 6.45) is 2.29. The summed E-state index contributed by atoms with van der Waals surface area (Å²) in [6.45, 7) is 5.52. The molecular formula is C18H27N3O2. The van der Waals surface area contributed by atoms with Gasteiger partial charge in [-0.1, -0.05) is 38.1 Å². The monoisotopic (exact) mass is 317 g/mol. The van der Waals surface area contributed by atoms with Gasteiger partial charge in [-0.05, 0) is 29.9 Å². The standard InChI is InChI=1S/C18H27N3O2/c1-13(2)15-6-4-14(5-7-15)11-21(16-8-9-16)12-18(23)20-10-17(22)19-3/h4-7,13,16H,8-12H2,1-3H3,(H,19,22)(H,20,23). The lowest BCUT2D eigenvalue weighted by Crippen LogP contribution is -2.41. The third-order valence-electron chi connectivity index (χ3n) is 4.17. The van der Waals surface area contributed by atoms with Crippen LogP contribution in [0.3, 0.4) is 0 Å². The minimum atomic E-state index is -0.180. The van der Waals surface area contributed by atoms with Crippen LogP contribution >= 0.6 is 0 Å². The van der Waals surface area contributed by atoms with Gasteiger partial charge in [-0.25, -0.2) is 0 Å². The number of benzene rings is 1. The molecule has 1 aromatic rings. The van der Waals surface area contributed by atoms with Crippen LogP contribution in [0.1, 0.15) is 43.7 Å². The fourth-order valence-electron chi connectivity index (χ4n) is 2.50. The Morgan fingerprint density at radius 2 is 1.83 bits per heavy atom. The van der Waals surface area contributed by atoms with Crippen molar-refractivity contribution in [1.82, 2.24) is 15.5 Å². The predicted octanol–water partition coefficient (Wildman–Crippen LogP) is 1.64. The summed E-state index contributed by atoms with van der Waals surface area (Å²) in [6, 6.07) is 9.11. The van der Waals surface area contributed by atoms with Crippen LogP contribution in [-0.4, -0.2) is 42.9 Å². The maximum absolute atomic E-state index is 12.0. The van der Waals surface area contributed by atoms with Gasteiger partial charge in [-0.15, -0.1) is 0 Å². The first-order valence-corrected chi connectivity index (χ1v) is 8.29. The molecule has 1 aliphatic carbocycles. The zero-order valence-electron chi connectivity index (χ0n) is 14.3. The van der Waals surface area contributed by atoms with Gasteiger partial charge in [0.1, 0.15) is 0 Å². The summed E-state index contributed by atoms with van der Waals surface area (Å²) in [7, 11) is 1.56. The molecule has 1 aliphatic rings. The maximum atomic E-state index is 12.0. The summed E-state index contributed by atoms with van der Waals surface area (Å²) in [5, 5.41) is 5.16. The Hall–Kier alpha value is -1.88. The van der Waals surface area contributed by atoms with Crippen molar-refractivity contribution in [1.29, 1.82) is 0 Å². The third kappa shape index (κ3) is 5.67. The van der Waals surface area contributed by atoms with E-state index in [0.29, 0.717) is 18.5 Å². The molecule has 0 saturated heterocycles. The van der Waals surface area contributed by atoms with Crippen molar-refractivity contribution in [2.24, 2.45) is 0 Å². The molecule has 0 bridgehead atoms. The number of nitrogens with zero attached hydrogens (tertiary/aromatic N) is 1. The predicted molar refractivity (Wildman–Crippen MR) is 91.0 cm³/mol. The second kappa shape index (κ2) is 8.11. The maximum Gasteiger partial charge on any atom is 0.239 e. The molecule has 2 amide bonds. The highest BCUT2D eigenvalue weighted by Gasteiger charge is 2.30. The van der Waals surface area contributed by atoms with E-state index < -0.39 is 0 Å². The molecule has 0 unspecified atom stereocenters. The van der Waals surface area contributed by atoms with Gasteiger partial charge in [-0.3, -0.25) is 14.5 Å². The van der Waals surface area contributed by atoms with Gasteiger partial charge in [0.25, 0.3) is 0 Å². The van der Waals surface area contributed by atoms with Crippen molar-refractivity contribution >= 4 is 11.8 Å². The molecule has 0 atom stereocenters. The Labute approximate surface area is 138 Å². The van der Waals surface area contributed by atoms with Gasteiger partial charge >= 0.3 is 0 Å². The largest absolute Gasteiger partial charge is 0.358 e. The molecule has 23 heavy (non-hydrogen) atoms. The van der Waals surface area contributed by atoms with Gasteiger partial charge in [0, 0.05) is 19.6 Å². The molecule has 0 spiro atoms. The van der Waals surface area contributed by atoms with Gasteiger partial charge in [0.15, 0.2) is 0 Å². The molecule has 1 aromatic carbocycles. The molecule has 0 aliphatic heterocycles. The van der Waals surface area contributed by atoms with Gasteiger partial charge in [0.05, 0.1) is 13.1 Å². The minimum Gasteiger partial charge on any atom is -0.358 e. The summed E-state index contributed by atoms with van der Waals surface area (Å²) in [4.78, 5) is 25.4. The Morgan fingerprint density at radius 3 is 2.35 bits per heavy atom. The Bertz CT molecular complexity index is 536. The molecule has 0 radical (unpaired) electrons. The Balaban J connectivity index is 1.88. The number of carbonyl (C=O) groups excluding carboxylic acids is 2. The van der Waals surface area contributed by atoms with Crippen molar-refractivity contribution in [3.05, 3.63) is 35.4 Å².